The van der Waals surface area contributed by atoms with Crippen molar-refractivity contribution in [3.05, 3.63) is 59.1 Å². The Hall–Kier alpha value is -2.02. The average Bonchev–Trinajstić information content (AvgIpc) is 2.68. The molecule has 2 aliphatic heterocycles. The molecule has 2 aromatic carbocycles. The number of likely N-dealkylation sites (tertiary alicyclic amines) is 1. The third-order valence-electron chi connectivity index (χ3n) is 5.37. The first kappa shape index (κ1) is 19.3. The van der Waals surface area contributed by atoms with Crippen molar-refractivity contribution in [2.24, 2.45) is 5.92 Å². The van der Waals surface area contributed by atoms with Crippen LogP contribution in [0.2, 0.25) is 5.02 Å². The van der Waals surface area contributed by atoms with E-state index in [1.54, 1.807) is 18.2 Å². The second-order valence-electron chi connectivity index (χ2n) is 7.32. The van der Waals surface area contributed by atoms with Crippen molar-refractivity contribution in [3.8, 4) is 5.75 Å². The van der Waals surface area contributed by atoms with Gasteiger partial charge < -0.3 is 9.64 Å². The molecular weight excluding hydrogens is 396 g/mol. The number of halogens is 1. The van der Waals surface area contributed by atoms with Crippen LogP contribution in [-0.2, 0) is 10.0 Å². The number of ether oxygens (including phenoxy) is 1. The van der Waals surface area contributed by atoms with E-state index in [0.29, 0.717) is 23.2 Å². The summed E-state index contributed by atoms with van der Waals surface area (Å²) in [5, 5.41) is 0.498. The first-order valence-corrected chi connectivity index (χ1v) is 11.2. The minimum atomic E-state index is -3.68. The van der Waals surface area contributed by atoms with Crippen LogP contribution in [0, 0.1) is 5.92 Å². The van der Waals surface area contributed by atoms with Gasteiger partial charge >= 0.3 is 0 Å². The minimum Gasteiger partial charge on any atom is -0.489 e. The van der Waals surface area contributed by atoms with Crippen LogP contribution in [0.4, 0.5) is 5.69 Å². The number of nitrogens with zero attached hydrogens (tertiary/aromatic N) is 1. The second-order valence-corrected chi connectivity index (χ2v) is 9.44. The Bertz CT molecular complexity index is 995. The number of nitrogens with one attached hydrogen (secondary N) is 1. The summed E-state index contributed by atoms with van der Waals surface area (Å²) in [6.07, 6.45) is 4.33. The van der Waals surface area contributed by atoms with Gasteiger partial charge in [0.2, 0.25) is 0 Å². The van der Waals surface area contributed by atoms with Crippen molar-refractivity contribution >= 4 is 32.9 Å². The normalized spacial score (nSPS) is 18.1. The molecule has 0 amide bonds. The molecule has 0 bridgehead atoms. The Kier molecular flexibility index (Phi) is 5.36. The van der Waals surface area contributed by atoms with E-state index in [9.17, 15) is 8.42 Å². The molecule has 0 radical (unpaired) electrons. The van der Waals surface area contributed by atoms with Crippen molar-refractivity contribution in [3.63, 3.8) is 0 Å². The Morgan fingerprint density at radius 2 is 1.82 bits per heavy atom. The maximum atomic E-state index is 12.7. The molecule has 2 aromatic rings. The second kappa shape index (κ2) is 7.78. The van der Waals surface area contributed by atoms with Gasteiger partial charge in [-0.2, -0.15) is 0 Å². The van der Waals surface area contributed by atoms with Crippen LogP contribution in [0.3, 0.4) is 0 Å². The third-order valence-corrected chi connectivity index (χ3v) is 7.02. The fourth-order valence-electron chi connectivity index (χ4n) is 3.81. The maximum Gasteiger partial charge on any atom is 0.261 e. The Morgan fingerprint density at radius 3 is 2.54 bits per heavy atom. The molecular formula is C21H23ClN2O3S. The lowest BCUT2D eigenvalue weighted by atomic mass is 9.84. The van der Waals surface area contributed by atoms with Gasteiger partial charge in [-0.15, -0.1) is 0 Å². The molecule has 0 unspecified atom stereocenters. The quantitative estimate of drug-likeness (QED) is 0.806. The molecule has 0 aromatic heterocycles. The molecule has 0 saturated carbocycles. The van der Waals surface area contributed by atoms with Crippen LogP contribution in [0.25, 0.3) is 5.57 Å². The molecule has 1 fully saturated rings. The molecule has 1 saturated heterocycles. The SMILES string of the molecule is CN1CCC(C2=CCOc3ccc(NS(=O)(=O)c4ccc(Cl)cc4)cc32)CC1. The standard InChI is InChI=1S/C21H23ClN2O3S/c1-24-11-8-15(9-12-24)19-10-13-27-21-7-4-17(14-20(19)21)23-28(25,26)18-5-2-16(22)3-6-18/h2-7,10,14-15,23H,8-9,11-13H2,1H3. The average molecular weight is 419 g/mol. The van der Waals surface area contributed by atoms with Crippen LogP contribution in [-0.4, -0.2) is 40.1 Å². The lowest BCUT2D eigenvalue weighted by molar-refractivity contribution is 0.246. The molecule has 2 heterocycles. The Balaban J connectivity index is 1.60. The lowest BCUT2D eigenvalue weighted by Crippen LogP contribution is -2.31. The van der Waals surface area contributed by atoms with Gasteiger partial charge in [-0.05, 0) is 93.0 Å². The van der Waals surface area contributed by atoms with Crippen molar-refractivity contribution in [1.29, 1.82) is 0 Å². The number of sulfonamides is 1. The maximum absolute atomic E-state index is 12.7. The summed E-state index contributed by atoms with van der Waals surface area (Å²) in [7, 11) is -1.54. The van der Waals surface area contributed by atoms with Crippen molar-refractivity contribution < 1.29 is 13.2 Å². The van der Waals surface area contributed by atoms with E-state index < -0.39 is 10.0 Å². The van der Waals surface area contributed by atoms with Crippen LogP contribution in [0.1, 0.15) is 18.4 Å². The summed E-state index contributed by atoms with van der Waals surface area (Å²) in [5.74, 6) is 1.29. The highest BCUT2D eigenvalue weighted by Crippen LogP contribution is 2.40. The number of rotatable bonds is 4. The number of hydrogen-bond donors (Lipinski definition) is 1. The molecule has 148 valence electrons. The summed E-state index contributed by atoms with van der Waals surface area (Å²) < 4.78 is 33.8. The van der Waals surface area contributed by atoms with Crippen molar-refractivity contribution in [2.45, 2.75) is 17.7 Å². The zero-order valence-corrected chi connectivity index (χ0v) is 17.3. The summed E-state index contributed by atoms with van der Waals surface area (Å²) in [5.41, 5.74) is 2.78. The lowest BCUT2D eigenvalue weighted by Gasteiger charge is -2.32. The molecule has 4 rings (SSSR count). The topological polar surface area (TPSA) is 58.6 Å². The van der Waals surface area contributed by atoms with Crippen LogP contribution in [0.5, 0.6) is 5.75 Å². The monoisotopic (exact) mass is 418 g/mol. The Labute approximate surface area is 171 Å². The van der Waals surface area contributed by atoms with Gasteiger partial charge in [0, 0.05) is 16.3 Å². The fourth-order valence-corrected chi connectivity index (χ4v) is 4.99. The summed E-state index contributed by atoms with van der Waals surface area (Å²) in [6.45, 7) is 2.70. The van der Waals surface area contributed by atoms with Gasteiger partial charge in [0.05, 0.1) is 4.90 Å². The number of allylic oxidation sites excluding steroid dienone is 1. The smallest absolute Gasteiger partial charge is 0.261 e. The molecule has 28 heavy (non-hydrogen) atoms. The summed E-state index contributed by atoms with van der Waals surface area (Å²) in [4.78, 5) is 2.52. The molecule has 0 aliphatic carbocycles. The van der Waals surface area contributed by atoms with Gasteiger partial charge in [-0.1, -0.05) is 11.6 Å². The highest BCUT2D eigenvalue weighted by Gasteiger charge is 2.26. The number of fused-ring (bicyclic) bond motifs is 1. The van der Waals surface area contributed by atoms with Gasteiger partial charge in [0.1, 0.15) is 12.4 Å². The zero-order valence-electron chi connectivity index (χ0n) is 15.7. The van der Waals surface area contributed by atoms with E-state index in [4.69, 9.17) is 16.3 Å². The minimum absolute atomic E-state index is 0.178. The van der Waals surface area contributed by atoms with E-state index in [1.807, 2.05) is 12.1 Å². The van der Waals surface area contributed by atoms with E-state index in [1.165, 1.54) is 17.7 Å². The third kappa shape index (κ3) is 4.04. The van der Waals surface area contributed by atoms with E-state index in [-0.39, 0.29) is 4.90 Å². The number of anilines is 1. The molecule has 0 atom stereocenters. The summed E-state index contributed by atoms with van der Waals surface area (Å²) in [6, 6.07) is 11.6. The zero-order chi connectivity index (χ0) is 19.7. The van der Waals surface area contributed by atoms with Gasteiger partial charge in [0.25, 0.3) is 10.0 Å². The molecule has 0 spiro atoms. The van der Waals surface area contributed by atoms with Crippen LogP contribution < -0.4 is 9.46 Å². The predicted molar refractivity (Wildman–Crippen MR) is 112 cm³/mol. The molecule has 7 heteroatoms. The van der Waals surface area contributed by atoms with Crippen molar-refractivity contribution in [1.82, 2.24) is 4.90 Å². The number of piperidine rings is 1. The molecule has 1 N–H and O–H groups in total. The highest BCUT2D eigenvalue weighted by molar-refractivity contribution is 7.92. The number of benzene rings is 2. The van der Waals surface area contributed by atoms with Crippen LogP contribution in [0.15, 0.2) is 53.4 Å². The molecule has 5 nitrogen and oxygen atoms in total. The van der Waals surface area contributed by atoms with Crippen LogP contribution >= 0.6 is 11.6 Å². The highest BCUT2D eigenvalue weighted by atomic mass is 35.5. The van der Waals surface area contributed by atoms with E-state index in [0.717, 1.165) is 37.2 Å². The fraction of sp³-hybridized carbons (Fsp3) is 0.333. The first-order valence-electron chi connectivity index (χ1n) is 9.36. The van der Waals surface area contributed by atoms with Crippen molar-refractivity contribution in [2.75, 3.05) is 31.5 Å². The van der Waals surface area contributed by atoms with Gasteiger partial charge in [0.15, 0.2) is 0 Å². The van der Waals surface area contributed by atoms with Gasteiger partial charge in [-0.3, -0.25) is 4.72 Å². The molecule has 2 aliphatic rings. The predicted octanol–water partition coefficient (Wildman–Crippen LogP) is 4.26. The first-order chi connectivity index (χ1) is 13.4. The largest absolute Gasteiger partial charge is 0.489 e. The Morgan fingerprint density at radius 1 is 1.11 bits per heavy atom. The number of hydrogen-bond acceptors (Lipinski definition) is 4. The van der Waals surface area contributed by atoms with E-state index >= 15 is 0 Å². The van der Waals surface area contributed by atoms with Gasteiger partial charge in [-0.25, -0.2) is 8.42 Å². The summed E-state index contributed by atoms with van der Waals surface area (Å²) >= 11 is 5.86. The van der Waals surface area contributed by atoms with E-state index in [2.05, 4.69) is 22.7 Å².